The third-order valence-electron chi connectivity index (χ3n) is 4.09. The van der Waals surface area contributed by atoms with Gasteiger partial charge in [-0.05, 0) is 38.3 Å². The molecule has 1 atom stereocenters. The molecule has 21 heavy (non-hydrogen) atoms. The average molecular weight is 311 g/mol. The molecule has 6 heteroatoms. The van der Waals surface area contributed by atoms with Crippen LogP contribution in [-0.2, 0) is 10.2 Å². The summed E-state index contributed by atoms with van der Waals surface area (Å²) in [5.74, 6) is 0. The van der Waals surface area contributed by atoms with Crippen LogP contribution in [-0.4, -0.2) is 38.4 Å². The molecular formula is C15H25N3O2S. The Hall–Kier alpha value is -1.11. The van der Waals surface area contributed by atoms with Crippen LogP contribution in [0.2, 0.25) is 0 Å². The summed E-state index contributed by atoms with van der Waals surface area (Å²) in [5.41, 5.74) is 7.49. The Labute approximate surface area is 127 Å². The van der Waals surface area contributed by atoms with Crippen molar-refractivity contribution in [2.45, 2.75) is 39.2 Å². The molecule has 0 spiro atoms. The molecule has 0 radical (unpaired) electrons. The SMILES string of the molecule is CCN(c1ccccc1C)S(=O)(=O)N1CCCCC1CN. The van der Waals surface area contributed by atoms with Crippen LogP contribution in [0, 0.1) is 6.92 Å². The number of rotatable bonds is 5. The van der Waals surface area contributed by atoms with Crippen LogP contribution >= 0.6 is 0 Å². The van der Waals surface area contributed by atoms with Gasteiger partial charge in [0.2, 0.25) is 0 Å². The highest BCUT2D eigenvalue weighted by Crippen LogP contribution is 2.28. The Balaban J connectivity index is 2.38. The maximum atomic E-state index is 13.0. The predicted octanol–water partition coefficient (Wildman–Crippen LogP) is 1.88. The molecule has 1 heterocycles. The van der Waals surface area contributed by atoms with Crippen molar-refractivity contribution in [3.8, 4) is 0 Å². The summed E-state index contributed by atoms with van der Waals surface area (Å²) in [4.78, 5) is 0. The number of nitrogens with zero attached hydrogens (tertiary/aromatic N) is 2. The summed E-state index contributed by atoms with van der Waals surface area (Å²) in [7, 11) is -3.52. The molecule has 5 nitrogen and oxygen atoms in total. The van der Waals surface area contributed by atoms with Crippen LogP contribution in [0.1, 0.15) is 31.7 Å². The highest BCUT2D eigenvalue weighted by Gasteiger charge is 2.35. The molecule has 1 aliphatic rings. The maximum Gasteiger partial charge on any atom is 0.304 e. The molecule has 2 rings (SSSR count). The summed E-state index contributed by atoms with van der Waals surface area (Å²) in [6.07, 6.45) is 2.80. The Morgan fingerprint density at radius 2 is 2.05 bits per heavy atom. The summed E-state index contributed by atoms with van der Waals surface area (Å²) < 4.78 is 29.2. The first-order chi connectivity index (χ1) is 10.0. The number of piperidine rings is 1. The Morgan fingerprint density at radius 3 is 2.67 bits per heavy atom. The average Bonchev–Trinajstić information content (AvgIpc) is 2.49. The molecule has 1 fully saturated rings. The topological polar surface area (TPSA) is 66.6 Å². The van der Waals surface area contributed by atoms with Gasteiger partial charge < -0.3 is 5.73 Å². The quantitative estimate of drug-likeness (QED) is 0.903. The van der Waals surface area contributed by atoms with Gasteiger partial charge in [0.05, 0.1) is 5.69 Å². The van der Waals surface area contributed by atoms with Crippen molar-refractivity contribution in [1.29, 1.82) is 0 Å². The molecule has 1 saturated heterocycles. The molecule has 0 amide bonds. The van der Waals surface area contributed by atoms with Crippen LogP contribution in [0.5, 0.6) is 0 Å². The Morgan fingerprint density at radius 1 is 1.33 bits per heavy atom. The van der Waals surface area contributed by atoms with Crippen molar-refractivity contribution in [3.05, 3.63) is 29.8 Å². The van der Waals surface area contributed by atoms with Crippen LogP contribution in [0.4, 0.5) is 5.69 Å². The highest BCUT2D eigenvalue weighted by atomic mass is 32.2. The van der Waals surface area contributed by atoms with E-state index in [4.69, 9.17) is 5.73 Å². The van der Waals surface area contributed by atoms with E-state index in [2.05, 4.69) is 0 Å². The predicted molar refractivity (Wildman–Crippen MR) is 86.5 cm³/mol. The molecule has 2 N–H and O–H groups in total. The van der Waals surface area contributed by atoms with E-state index < -0.39 is 10.2 Å². The van der Waals surface area contributed by atoms with E-state index in [1.165, 1.54) is 4.31 Å². The molecule has 1 aromatic carbocycles. The van der Waals surface area contributed by atoms with Gasteiger partial charge in [0.15, 0.2) is 0 Å². The second kappa shape index (κ2) is 6.77. The van der Waals surface area contributed by atoms with Gasteiger partial charge in [0.1, 0.15) is 0 Å². The first kappa shape index (κ1) is 16.3. The van der Waals surface area contributed by atoms with Gasteiger partial charge in [0, 0.05) is 25.7 Å². The molecule has 118 valence electrons. The number of nitrogens with two attached hydrogens (primary N) is 1. The standard InChI is InChI=1S/C15H25N3O2S/c1-3-17(15-10-5-4-8-13(15)2)21(19,20)18-11-7-6-9-14(18)12-16/h4-5,8,10,14H,3,6-7,9,11-12,16H2,1-2H3. The van der Waals surface area contributed by atoms with Crippen molar-refractivity contribution in [1.82, 2.24) is 4.31 Å². The maximum absolute atomic E-state index is 13.0. The van der Waals surface area contributed by atoms with Gasteiger partial charge in [-0.2, -0.15) is 12.7 Å². The number of hydrogen-bond acceptors (Lipinski definition) is 3. The van der Waals surface area contributed by atoms with Crippen LogP contribution in [0.15, 0.2) is 24.3 Å². The number of aryl methyl sites for hydroxylation is 1. The fourth-order valence-electron chi connectivity index (χ4n) is 2.94. The third kappa shape index (κ3) is 3.22. The van der Waals surface area contributed by atoms with Crippen LogP contribution < -0.4 is 10.0 Å². The van der Waals surface area contributed by atoms with Crippen molar-refractivity contribution in [2.24, 2.45) is 5.73 Å². The normalized spacial score (nSPS) is 20.4. The lowest BCUT2D eigenvalue weighted by Gasteiger charge is -2.38. The van der Waals surface area contributed by atoms with Gasteiger partial charge in [-0.25, -0.2) is 0 Å². The molecule has 0 bridgehead atoms. The van der Waals surface area contributed by atoms with E-state index in [0.29, 0.717) is 19.6 Å². The van der Waals surface area contributed by atoms with E-state index in [1.807, 2.05) is 38.1 Å². The summed E-state index contributed by atoms with van der Waals surface area (Å²) >= 11 is 0. The summed E-state index contributed by atoms with van der Waals surface area (Å²) in [5, 5.41) is 0. The third-order valence-corrected chi connectivity index (χ3v) is 6.18. The van der Waals surface area contributed by atoms with E-state index >= 15 is 0 Å². The number of anilines is 1. The Bertz CT molecular complexity index is 574. The molecular weight excluding hydrogens is 286 g/mol. The van der Waals surface area contributed by atoms with Crippen molar-refractivity contribution >= 4 is 15.9 Å². The molecule has 0 aromatic heterocycles. The minimum atomic E-state index is -3.52. The van der Waals surface area contributed by atoms with Gasteiger partial charge in [-0.3, -0.25) is 4.31 Å². The lowest BCUT2D eigenvalue weighted by molar-refractivity contribution is 0.257. The largest absolute Gasteiger partial charge is 0.329 e. The van der Waals surface area contributed by atoms with E-state index in [1.54, 1.807) is 4.31 Å². The van der Waals surface area contributed by atoms with Crippen molar-refractivity contribution < 1.29 is 8.42 Å². The molecule has 0 saturated carbocycles. The highest BCUT2D eigenvalue weighted by molar-refractivity contribution is 7.90. The molecule has 1 aliphatic heterocycles. The molecule has 0 aliphatic carbocycles. The van der Waals surface area contributed by atoms with Gasteiger partial charge in [-0.1, -0.05) is 24.6 Å². The van der Waals surface area contributed by atoms with Gasteiger partial charge >= 0.3 is 10.2 Å². The zero-order valence-corrected chi connectivity index (χ0v) is 13.6. The second-order valence-corrected chi connectivity index (χ2v) is 7.26. The van der Waals surface area contributed by atoms with E-state index in [0.717, 1.165) is 30.5 Å². The van der Waals surface area contributed by atoms with Gasteiger partial charge in [0.25, 0.3) is 0 Å². The molecule has 1 unspecified atom stereocenters. The van der Waals surface area contributed by atoms with Crippen molar-refractivity contribution in [3.63, 3.8) is 0 Å². The van der Waals surface area contributed by atoms with E-state index in [9.17, 15) is 8.42 Å². The summed E-state index contributed by atoms with van der Waals surface area (Å²) in [6.45, 7) is 5.16. The Kier molecular flexibility index (Phi) is 5.24. The lowest BCUT2D eigenvalue weighted by atomic mass is 10.1. The fraction of sp³-hybridized carbons (Fsp3) is 0.600. The molecule has 1 aromatic rings. The first-order valence-electron chi connectivity index (χ1n) is 7.57. The zero-order chi connectivity index (χ0) is 15.5. The minimum Gasteiger partial charge on any atom is -0.329 e. The van der Waals surface area contributed by atoms with Crippen LogP contribution in [0.25, 0.3) is 0 Å². The fourth-order valence-corrected chi connectivity index (χ4v) is 4.90. The zero-order valence-electron chi connectivity index (χ0n) is 12.8. The number of para-hydroxylation sites is 1. The van der Waals surface area contributed by atoms with Gasteiger partial charge in [-0.15, -0.1) is 0 Å². The number of benzene rings is 1. The first-order valence-corrected chi connectivity index (χ1v) is 8.97. The lowest BCUT2D eigenvalue weighted by Crippen LogP contribution is -2.53. The monoisotopic (exact) mass is 311 g/mol. The smallest absolute Gasteiger partial charge is 0.304 e. The summed E-state index contributed by atoms with van der Waals surface area (Å²) in [6, 6.07) is 7.50. The second-order valence-electron chi connectivity index (χ2n) is 5.46. The van der Waals surface area contributed by atoms with Crippen LogP contribution in [0.3, 0.4) is 0 Å². The minimum absolute atomic E-state index is 0.0816. The van der Waals surface area contributed by atoms with Crippen molar-refractivity contribution in [2.75, 3.05) is 23.9 Å². The van der Waals surface area contributed by atoms with E-state index in [-0.39, 0.29) is 6.04 Å². The number of hydrogen-bond donors (Lipinski definition) is 1.